The molecule has 1 amide bonds. The summed E-state index contributed by atoms with van der Waals surface area (Å²) in [6.07, 6.45) is 6.28. The first-order chi connectivity index (χ1) is 17.5. The predicted octanol–water partition coefficient (Wildman–Crippen LogP) is 4.91. The van der Waals surface area contributed by atoms with Gasteiger partial charge in [-0.3, -0.25) is 4.79 Å². The van der Waals surface area contributed by atoms with Gasteiger partial charge in [0.15, 0.2) is 5.16 Å². The quantitative estimate of drug-likeness (QED) is 0.215. The maximum atomic E-state index is 12.9. The second kappa shape index (κ2) is 12.2. The lowest BCUT2D eigenvalue weighted by molar-refractivity contribution is -0.113. The van der Waals surface area contributed by atoms with Crippen LogP contribution < -0.4 is 10.1 Å². The summed E-state index contributed by atoms with van der Waals surface area (Å²) in [6.45, 7) is 6.46. The Hall–Kier alpha value is -3.11. The lowest BCUT2D eigenvalue weighted by atomic mass is 9.95. The molecule has 2 aromatic heterocycles. The molecule has 1 aliphatic carbocycles. The Morgan fingerprint density at radius 3 is 2.72 bits per heavy atom. The third-order valence-corrected chi connectivity index (χ3v) is 8.04. The number of carbonyl (C=O) groups is 2. The van der Waals surface area contributed by atoms with Crippen molar-refractivity contribution in [3.8, 4) is 5.75 Å². The lowest BCUT2D eigenvalue weighted by Crippen LogP contribution is -2.17. The molecule has 0 unspecified atom stereocenters. The van der Waals surface area contributed by atoms with E-state index in [1.807, 2.05) is 28.8 Å². The number of anilines is 1. The summed E-state index contributed by atoms with van der Waals surface area (Å²) in [5, 5.41) is 12.9. The minimum Gasteiger partial charge on any atom is -0.497 e. The number of nitrogens with one attached hydrogen (secondary N) is 1. The molecule has 1 N–H and O–H groups in total. The maximum Gasteiger partial charge on any atom is 0.341 e. The zero-order valence-electron chi connectivity index (χ0n) is 20.5. The molecule has 10 heteroatoms. The van der Waals surface area contributed by atoms with E-state index in [1.54, 1.807) is 20.1 Å². The molecular formula is C26H30N4O4S2. The van der Waals surface area contributed by atoms with Crippen molar-refractivity contribution in [1.82, 2.24) is 14.8 Å². The van der Waals surface area contributed by atoms with E-state index < -0.39 is 0 Å². The molecule has 0 radical (unpaired) electrons. The van der Waals surface area contributed by atoms with Gasteiger partial charge >= 0.3 is 5.97 Å². The van der Waals surface area contributed by atoms with E-state index in [4.69, 9.17) is 9.47 Å². The van der Waals surface area contributed by atoms with E-state index in [0.29, 0.717) is 35.3 Å². The Morgan fingerprint density at radius 1 is 1.22 bits per heavy atom. The van der Waals surface area contributed by atoms with Crippen LogP contribution in [0.15, 0.2) is 42.1 Å². The van der Waals surface area contributed by atoms with E-state index in [2.05, 4.69) is 22.1 Å². The SMILES string of the molecule is C=CCn1c(Cc2ccc(OC)cc2)nnc1SCC(=O)Nc1sc2c(c1C(=O)OCC)CCCC2. The average Bonchev–Trinajstić information content (AvgIpc) is 3.44. The minimum atomic E-state index is -0.367. The van der Waals surface area contributed by atoms with Crippen LogP contribution in [0, 0.1) is 0 Å². The number of amides is 1. The normalized spacial score (nSPS) is 12.6. The van der Waals surface area contributed by atoms with E-state index in [1.165, 1.54) is 28.0 Å². The van der Waals surface area contributed by atoms with Crippen LogP contribution in [0.2, 0.25) is 0 Å². The van der Waals surface area contributed by atoms with Gasteiger partial charge in [-0.25, -0.2) is 4.79 Å². The molecule has 8 nitrogen and oxygen atoms in total. The highest BCUT2D eigenvalue weighted by Crippen LogP contribution is 2.38. The lowest BCUT2D eigenvalue weighted by Gasteiger charge is -2.12. The molecule has 190 valence electrons. The third-order valence-electron chi connectivity index (χ3n) is 5.86. The molecule has 0 saturated heterocycles. The van der Waals surface area contributed by atoms with Crippen molar-refractivity contribution in [2.24, 2.45) is 0 Å². The van der Waals surface area contributed by atoms with Crippen LogP contribution in [0.4, 0.5) is 5.00 Å². The number of rotatable bonds is 11. The largest absolute Gasteiger partial charge is 0.497 e. The second-order valence-corrected chi connectivity index (χ2v) is 10.3. The van der Waals surface area contributed by atoms with E-state index in [9.17, 15) is 9.59 Å². The van der Waals surface area contributed by atoms with Gasteiger partial charge in [-0.1, -0.05) is 30.0 Å². The summed E-state index contributed by atoms with van der Waals surface area (Å²) in [5.41, 5.74) is 2.63. The van der Waals surface area contributed by atoms with Crippen molar-refractivity contribution >= 4 is 40.0 Å². The zero-order chi connectivity index (χ0) is 25.5. The number of hydrogen-bond acceptors (Lipinski definition) is 8. The number of aryl methyl sites for hydroxylation is 1. The number of hydrogen-bond donors (Lipinski definition) is 1. The first-order valence-electron chi connectivity index (χ1n) is 11.9. The number of esters is 1. The van der Waals surface area contributed by atoms with Crippen LogP contribution in [-0.2, 0) is 35.3 Å². The van der Waals surface area contributed by atoms with Gasteiger partial charge in [0.25, 0.3) is 0 Å². The van der Waals surface area contributed by atoms with Gasteiger partial charge in [-0.05, 0) is 55.9 Å². The Balaban J connectivity index is 1.45. The van der Waals surface area contributed by atoms with E-state index >= 15 is 0 Å². The summed E-state index contributed by atoms with van der Waals surface area (Å²) in [5.74, 6) is 1.16. The number of thiophene rings is 1. The molecule has 0 spiro atoms. The number of aromatic nitrogens is 3. The van der Waals surface area contributed by atoms with Gasteiger partial charge in [-0.15, -0.1) is 28.1 Å². The standard InChI is InChI=1S/C26H30N4O4S2/c1-4-14-30-21(15-17-10-12-18(33-3)13-11-17)28-29-26(30)35-16-22(31)27-24-23(25(32)34-5-2)19-8-6-7-9-20(19)36-24/h4,10-13H,1,5-9,14-16H2,2-3H3,(H,27,31). The second-order valence-electron chi connectivity index (χ2n) is 8.30. The number of benzene rings is 1. The van der Waals surface area contributed by atoms with Crippen molar-refractivity contribution in [2.75, 3.05) is 24.8 Å². The number of ether oxygens (including phenoxy) is 2. The van der Waals surface area contributed by atoms with Crippen molar-refractivity contribution < 1.29 is 19.1 Å². The Kier molecular flexibility index (Phi) is 8.82. The third kappa shape index (κ3) is 5.99. The highest BCUT2D eigenvalue weighted by molar-refractivity contribution is 7.99. The molecule has 1 aliphatic rings. The first-order valence-corrected chi connectivity index (χ1v) is 13.7. The summed E-state index contributed by atoms with van der Waals surface area (Å²) in [4.78, 5) is 26.7. The van der Waals surface area contributed by atoms with Crippen molar-refractivity contribution in [3.05, 3.63) is 64.3 Å². The minimum absolute atomic E-state index is 0.142. The molecule has 1 aromatic carbocycles. The fourth-order valence-corrected chi connectivity index (χ4v) is 6.22. The van der Waals surface area contributed by atoms with Crippen LogP contribution in [0.25, 0.3) is 0 Å². The van der Waals surface area contributed by atoms with Gasteiger partial charge in [0.1, 0.15) is 16.6 Å². The molecule has 0 saturated carbocycles. The predicted molar refractivity (Wildman–Crippen MR) is 142 cm³/mol. The molecule has 4 rings (SSSR count). The van der Waals surface area contributed by atoms with Gasteiger partial charge < -0.3 is 19.4 Å². The van der Waals surface area contributed by atoms with Crippen LogP contribution in [-0.4, -0.2) is 46.1 Å². The number of thioether (sulfide) groups is 1. The van der Waals surface area contributed by atoms with Gasteiger partial charge in [0.2, 0.25) is 5.91 Å². The highest BCUT2D eigenvalue weighted by Gasteiger charge is 2.27. The van der Waals surface area contributed by atoms with Crippen molar-refractivity contribution in [3.63, 3.8) is 0 Å². The van der Waals surface area contributed by atoms with Gasteiger partial charge in [0, 0.05) is 17.8 Å². The molecule has 36 heavy (non-hydrogen) atoms. The topological polar surface area (TPSA) is 95.3 Å². The van der Waals surface area contributed by atoms with Crippen LogP contribution in [0.1, 0.15) is 52.0 Å². The monoisotopic (exact) mass is 526 g/mol. The van der Waals surface area contributed by atoms with Crippen LogP contribution in [0.3, 0.4) is 0 Å². The summed E-state index contributed by atoms with van der Waals surface area (Å²) >= 11 is 2.80. The molecule has 0 atom stereocenters. The Bertz CT molecular complexity index is 1230. The van der Waals surface area contributed by atoms with Gasteiger partial charge in [-0.2, -0.15) is 0 Å². The molecule has 0 bridgehead atoms. The number of methoxy groups -OCH3 is 1. The van der Waals surface area contributed by atoms with Crippen LogP contribution in [0.5, 0.6) is 5.75 Å². The summed E-state index contributed by atoms with van der Waals surface area (Å²) < 4.78 is 12.5. The van der Waals surface area contributed by atoms with E-state index in [-0.39, 0.29) is 17.6 Å². The Labute approximate surface area is 219 Å². The summed E-state index contributed by atoms with van der Waals surface area (Å²) in [6, 6.07) is 7.81. The van der Waals surface area contributed by atoms with Crippen molar-refractivity contribution in [2.45, 2.75) is 50.7 Å². The number of carbonyl (C=O) groups excluding carboxylic acids is 2. The molecule has 0 aliphatic heterocycles. The van der Waals surface area contributed by atoms with Crippen LogP contribution >= 0.6 is 23.1 Å². The smallest absolute Gasteiger partial charge is 0.341 e. The fraction of sp³-hybridized carbons (Fsp3) is 0.385. The first kappa shape index (κ1) is 26.0. The zero-order valence-corrected chi connectivity index (χ0v) is 22.2. The number of fused-ring (bicyclic) bond motifs is 1. The maximum absolute atomic E-state index is 12.9. The Morgan fingerprint density at radius 2 is 2.00 bits per heavy atom. The van der Waals surface area contributed by atoms with Crippen molar-refractivity contribution in [1.29, 1.82) is 0 Å². The molecular weight excluding hydrogens is 496 g/mol. The molecule has 3 aromatic rings. The van der Waals surface area contributed by atoms with E-state index in [0.717, 1.165) is 48.4 Å². The fourth-order valence-electron chi connectivity index (χ4n) is 4.16. The molecule has 0 fully saturated rings. The summed E-state index contributed by atoms with van der Waals surface area (Å²) in [7, 11) is 1.64. The number of nitrogens with zero attached hydrogens (tertiary/aromatic N) is 3. The average molecular weight is 527 g/mol. The highest BCUT2D eigenvalue weighted by atomic mass is 32.2. The number of allylic oxidation sites excluding steroid dienone is 1. The molecule has 2 heterocycles. The van der Waals surface area contributed by atoms with Gasteiger partial charge in [0.05, 0.1) is 25.0 Å².